The summed E-state index contributed by atoms with van der Waals surface area (Å²) in [5, 5.41) is 19.9. The molecule has 0 aromatic rings. The number of nitrogens with one attached hydrogen (secondary N) is 1. The Labute approximate surface area is 118 Å². The quantitative estimate of drug-likeness (QED) is 0.516. The Morgan fingerprint density at radius 1 is 1.20 bits per heavy atom. The Hall–Kier alpha value is -1.63. The van der Waals surface area contributed by atoms with Crippen molar-refractivity contribution in [3.05, 3.63) is 0 Å². The van der Waals surface area contributed by atoms with Crippen LogP contribution in [0.1, 0.15) is 46.5 Å². The van der Waals surface area contributed by atoms with Gasteiger partial charge in [0.2, 0.25) is 5.91 Å². The van der Waals surface area contributed by atoms with Gasteiger partial charge in [0.25, 0.3) is 0 Å². The smallest absolute Gasteiger partial charge is 0.326 e. The lowest BCUT2D eigenvalue weighted by Crippen LogP contribution is -2.45. The zero-order valence-electron chi connectivity index (χ0n) is 12.2. The van der Waals surface area contributed by atoms with Gasteiger partial charge < -0.3 is 21.3 Å². The third-order valence-electron chi connectivity index (χ3n) is 3.03. The summed E-state index contributed by atoms with van der Waals surface area (Å²) >= 11 is 0. The van der Waals surface area contributed by atoms with Crippen molar-refractivity contribution in [1.82, 2.24) is 5.32 Å². The summed E-state index contributed by atoms with van der Waals surface area (Å²) in [6.07, 6.45) is 0.184. The van der Waals surface area contributed by atoms with E-state index in [1.807, 2.05) is 20.8 Å². The first-order valence-corrected chi connectivity index (χ1v) is 6.53. The molecule has 0 rings (SSSR count). The van der Waals surface area contributed by atoms with Crippen molar-refractivity contribution in [3.8, 4) is 0 Å². The van der Waals surface area contributed by atoms with Crippen molar-refractivity contribution in [1.29, 1.82) is 0 Å². The highest BCUT2D eigenvalue weighted by molar-refractivity contribution is 5.83. The van der Waals surface area contributed by atoms with Crippen molar-refractivity contribution < 1.29 is 24.6 Å². The maximum Gasteiger partial charge on any atom is 0.326 e. The van der Waals surface area contributed by atoms with Gasteiger partial charge in [-0.05, 0) is 18.3 Å². The van der Waals surface area contributed by atoms with Gasteiger partial charge in [0, 0.05) is 18.9 Å². The molecule has 0 fully saturated rings. The molecule has 1 unspecified atom stereocenters. The summed E-state index contributed by atoms with van der Waals surface area (Å²) < 4.78 is 0. The van der Waals surface area contributed by atoms with E-state index in [4.69, 9.17) is 15.9 Å². The van der Waals surface area contributed by atoms with Crippen LogP contribution in [0.25, 0.3) is 0 Å². The second kappa shape index (κ2) is 7.84. The van der Waals surface area contributed by atoms with Crippen LogP contribution in [0.15, 0.2) is 0 Å². The third-order valence-corrected chi connectivity index (χ3v) is 3.03. The van der Waals surface area contributed by atoms with E-state index >= 15 is 0 Å². The van der Waals surface area contributed by atoms with Crippen LogP contribution in [-0.2, 0) is 14.4 Å². The van der Waals surface area contributed by atoms with Crippen LogP contribution in [0.3, 0.4) is 0 Å². The summed E-state index contributed by atoms with van der Waals surface area (Å²) in [6.45, 7) is 5.69. The zero-order valence-corrected chi connectivity index (χ0v) is 12.2. The van der Waals surface area contributed by atoms with Crippen LogP contribution >= 0.6 is 0 Å². The lowest BCUT2D eigenvalue weighted by molar-refractivity contribution is -0.142. The molecule has 5 N–H and O–H groups in total. The summed E-state index contributed by atoms with van der Waals surface area (Å²) in [6, 6.07) is -1.45. The predicted molar refractivity (Wildman–Crippen MR) is 73.1 cm³/mol. The van der Waals surface area contributed by atoms with Gasteiger partial charge >= 0.3 is 11.9 Å². The van der Waals surface area contributed by atoms with Crippen LogP contribution in [-0.4, -0.2) is 40.1 Å². The first-order valence-electron chi connectivity index (χ1n) is 6.53. The molecule has 0 aliphatic rings. The number of hydrogen-bond acceptors (Lipinski definition) is 4. The van der Waals surface area contributed by atoms with Gasteiger partial charge in [-0.25, -0.2) is 4.79 Å². The summed E-state index contributed by atoms with van der Waals surface area (Å²) in [4.78, 5) is 33.1. The number of carbonyl (C=O) groups excluding carboxylic acids is 1. The van der Waals surface area contributed by atoms with Crippen LogP contribution in [0, 0.1) is 5.41 Å². The number of carboxylic acids is 2. The minimum atomic E-state index is -1.17. The molecule has 0 saturated heterocycles. The third kappa shape index (κ3) is 7.73. The van der Waals surface area contributed by atoms with Crippen molar-refractivity contribution in [2.75, 3.05) is 0 Å². The van der Waals surface area contributed by atoms with E-state index in [1.54, 1.807) is 0 Å². The van der Waals surface area contributed by atoms with Crippen molar-refractivity contribution in [3.63, 3.8) is 0 Å². The number of hydrogen-bond donors (Lipinski definition) is 4. The van der Waals surface area contributed by atoms with Crippen LogP contribution in [0.5, 0.6) is 0 Å². The van der Waals surface area contributed by atoms with E-state index in [9.17, 15) is 14.4 Å². The molecule has 0 aliphatic heterocycles. The molecular formula is C13H24N2O5. The maximum atomic E-state index is 11.7. The zero-order chi connectivity index (χ0) is 15.9. The maximum absolute atomic E-state index is 11.7. The SMILES string of the molecule is CC(C)(C)C(N)CC(=O)N[C@H](CCCC(=O)O)C(=O)O. The molecule has 2 atom stereocenters. The molecule has 116 valence electrons. The Balaban J connectivity index is 4.34. The minimum absolute atomic E-state index is 0.0339. The molecule has 1 amide bonds. The standard InChI is InChI=1S/C13H24N2O5/c1-13(2,3)9(14)7-10(16)15-8(12(19)20)5-4-6-11(17)18/h8-9H,4-7,14H2,1-3H3,(H,15,16)(H,17,18)(H,19,20)/t8-,9?/m1/s1. The normalized spacial score (nSPS) is 14.4. The van der Waals surface area contributed by atoms with Gasteiger partial charge in [0.15, 0.2) is 0 Å². The topological polar surface area (TPSA) is 130 Å². The fourth-order valence-electron chi connectivity index (χ4n) is 1.47. The number of carbonyl (C=O) groups is 3. The van der Waals surface area contributed by atoms with E-state index in [1.165, 1.54) is 0 Å². The number of carboxylic acid groups (broad SMARTS) is 2. The van der Waals surface area contributed by atoms with Crippen LogP contribution < -0.4 is 11.1 Å². The first-order chi connectivity index (χ1) is 9.04. The van der Waals surface area contributed by atoms with E-state index in [-0.39, 0.29) is 37.1 Å². The van der Waals surface area contributed by atoms with Crippen molar-refractivity contribution in [2.45, 2.75) is 58.5 Å². The van der Waals surface area contributed by atoms with Crippen LogP contribution in [0.4, 0.5) is 0 Å². The summed E-state index contributed by atoms with van der Waals surface area (Å²) in [5.74, 6) is -2.60. The largest absolute Gasteiger partial charge is 0.481 e. The molecule has 0 bridgehead atoms. The van der Waals surface area contributed by atoms with Gasteiger partial charge in [-0.1, -0.05) is 20.8 Å². The predicted octanol–water partition coefficient (Wildman–Crippen LogP) is 0.574. The number of aliphatic carboxylic acids is 2. The van der Waals surface area contributed by atoms with E-state index in [0.29, 0.717) is 0 Å². The molecule has 0 aromatic carbocycles. The number of amides is 1. The molecule has 7 heteroatoms. The first kappa shape index (κ1) is 18.4. The molecule has 0 radical (unpaired) electrons. The molecule has 7 nitrogen and oxygen atoms in total. The highest BCUT2D eigenvalue weighted by Gasteiger charge is 2.26. The molecule has 0 saturated carbocycles. The van der Waals surface area contributed by atoms with Gasteiger partial charge in [-0.2, -0.15) is 0 Å². The highest BCUT2D eigenvalue weighted by atomic mass is 16.4. The number of rotatable bonds is 8. The Kier molecular flexibility index (Phi) is 7.20. The lowest BCUT2D eigenvalue weighted by Gasteiger charge is -2.27. The molecular weight excluding hydrogens is 264 g/mol. The second-order valence-electron chi connectivity index (χ2n) is 5.92. The highest BCUT2D eigenvalue weighted by Crippen LogP contribution is 2.19. The fraction of sp³-hybridized carbons (Fsp3) is 0.769. The van der Waals surface area contributed by atoms with Gasteiger partial charge in [0.05, 0.1) is 0 Å². The summed E-state index contributed by atoms with van der Waals surface area (Å²) in [5.41, 5.74) is 5.61. The Morgan fingerprint density at radius 3 is 2.15 bits per heavy atom. The molecule has 0 heterocycles. The number of nitrogens with two attached hydrogens (primary N) is 1. The minimum Gasteiger partial charge on any atom is -0.481 e. The average Bonchev–Trinajstić information content (AvgIpc) is 2.25. The van der Waals surface area contributed by atoms with E-state index in [2.05, 4.69) is 5.32 Å². The monoisotopic (exact) mass is 288 g/mol. The average molecular weight is 288 g/mol. The molecule has 0 spiro atoms. The second-order valence-corrected chi connectivity index (χ2v) is 5.92. The Bertz CT molecular complexity index is 362. The Morgan fingerprint density at radius 2 is 1.75 bits per heavy atom. The van der Waals surface area contributed by atoms with Crippen LogP contribution in [0.2, 0.25) is 0 Å². The van der Waals surface area contributed by atoms with Crippen molar-refractivity contribution in [2.24, 2.45) is 11.1 Å². The molecule has 0 aliphatic carbocycles. The van der Waals surface area contributed by atoms with Gasteiger partial charge in [-0.3, -0.25) is 9.59 Å². The van der Waals surface area contributed by atoms with Crippen molar-refractivity contribution >= 4 is 17.8 Å². The van der Waals surface area contributed by atoms with Gasteiger partial charge in [0.1, 0.15) is 6.04 Å². The lowest BCUT2D eigenvalue weighted by atomic mass is 9.85. The molecule has 0 aromatic heterocycles. The van der Waals surface area contributed by atoms with E-state index < -0.39 is 23.9 Å². The summed E-state index contributed by atoms with van der Waals surface area (Å²) in [7, 11) is 0. The van der Waals surface area contributed by atoms with E-state index in [0.717, 1.165) is 0 Å². The molecule has 20 heavy (non-hydrogen) atoms. The van der Waals surface area contributed by atoms with Gasteiger partial charge in [-0.15, -0.1) is 0 Å². The fourth-order valence-corrected chi connectivity index (χ4v) is 1.47.